The van der Waals surface area contributed by atoms with Crippen LogP contribution < -0.4 is 20.5 Å². The lowest BCUT2D eigenvalue weighted by molar-refractivity contribution is 0.107. The van der Waals surface area contributed by atoms with Crippen molar-refractivity contribution in [2.24, 2.45) is 0 Å². The number of hydrogen-bond acceptors (Lipinski definition) is 8. The normalized spacial score (nSPS) is 29.2. The quantitative estimate of drug-likeness (QED) is 0.335. The van der Waals surface area contributed by atoms with E-state index < -0.39 is 42.2 Å². The number of phenols is 1. The molecule has 9 nitrogen and oxygen atoms in total. The maximum atomic E-state index is 14.9. The molecular weight excluding hydrogens is 566 g/mol. The van der Waals surface area contributed by atoms with E-state index in [1.807, 2.05) is 4.90 Å². The highest BCUT2D eigenvalue weighted by molar-refractivity contribution is 5.97. The van der Waals surface area contributed by atoms with Gasteiger partial charge in [0.25, 0.3) is 5.56 Å². The molecule has 4 aliphatic rings. The summed E-state index contributed by atoms with van der Waals surface area (Å²) in [6, 6.07) is 6.91. The van der Waals surface area contributed by atoms with Crippen molar-refractivity contribution in [3.8, 4) is 29.8 Å². The van der Waals surface area contributed by atoms with Gasteiger partial charge in [-0.25, -0.2) is 8.78 Å². The van der Waals surface area contributed by atoms with E-state index in [1.165, 1.54) is 39.9 Å². The smallest absolute Gasteiger partial charge is 0.319 e. The van der Waals surface area contributed by atoms with Crippen LogP contribution in [0, 0.1) is 18.2 Å². The van der Waals surface area contributed by atoms with Crippen molar-refractivity contribution >= 4 is 27.5 Å². The van der Waals surface area contributed by atoms with Gasteiger partial charge >= 0.3 is 6.01 Å². The van der Waals surface area contributed by atoms with Gasteiger partial charge in [0, 0.05) is 58.5 Å². The molecule has 4 saturated heterocycles. The minimum Gasteiger partial charge on any atom is -0.508 e. The molecule has 2 N–H and O–H groups in total. The van der Waals surface area contributed by atoms with Crippen molar-refractivity contribution < 1.29 is 24.1 Å². The summed E-state index contributed by atoms with van der Waals surface area (Å²) in [6.45, 7) is -3.70. The molecule has 6 heterocycles. The fourth-order valence-corrected chi connectivity index (χ4v) is 7.32. The summed E-state index contributed by atoms with van der Waals surface area (Å²) in [5.41, 5.74) is -2.39. The number of aromatic nitrogens is 3. The van der Waals surface area contributed by atoms with Gasteiger partial charge in [-0.2, -0.15) is 9.97 Å². The third kappa shape index (κ3) is 4.31. The van der Waals surface area contributed by atoms with Gasteiger partial charge in [0.05, 0.1) is 24.9 Å². The van der Waals surface area contributed by atoms with Crippen molar-refractivity contribution in [2.45, 2.75) is 55.9 Å². The summed E-state index contributed by atoms with van der Waals surface area (Å²) in [4.78, 5) is 26.7. The molecule has 0 radical (unpaired) electrons. The third-order valence-electron chi connectivity index (χ3n) is 9.30. The maximum Gasteiger partial charge on any atom is 0.319 e. The Balaban J connectivity index is 1.31. The lowest BCUT2D eigenvalue weighted by atomic mass is 9.95. The molecule has 4 aromatic rings. The molecule has 2 bridgehead atoms. The molecule has 0 amide bonds. The number of nitrogens with one attached hydrogen (secondary N) is 1. The van der Waals surface area contributed by atoms with Gasteiger partial charge in [-0.1, -0.05) is 12.0 Å². The SMILES string of the molecule is [2H]C1([2H])CC[C@@]2(C([2H])([2H])Oc3nc(N4C[C@H]5CC[C@@H](C4)N5)c4ccn(-c5cc(O)cc6ccc(F)c(C#C)c56)c(=O)c4n3)C[C@@H](F)CN12. The van der Waals surface area contributed by atoms with Crippen LogP contribution in [0.25, 0.3) is 27.4 Å². The van der Waals surface area contributed by atoms with E-state index in [-0.39, 0.29) is 65.8 Å². The van der Waals surface area contributed by atoms with E-state index >= 15 is 0 Å². The second-order valence-electron chi connectivity index (χ2n) is 12.1. The number of ether oxygens (including phenoxy) is 1. The highest BCUT2D eigenvalue weighted by atomic mass is 19.1. The molecule has 4 fully saturated rings. The van der Waals surface area contributed by atoms with Gasteiger partial charge in [-0.15, -0.1) is 6.42 Å². The van der Waals surface area contributed by atoms with Gasteiger partial charge < -0.3 is 20.1 Å². The van der Waals surface area contributed by atoms with E-state index in [0.29, 0.717) is 29.7 Å². The number of fused-ring (bicyclic) bond motifs is 5. The zero-order valence-corrected chi connectivity index (χ0v) is 23.7. The van der Waals surface area contributed by atoms with Crippen molar-refractivity contribution in [2.75, 3.05) is 37.6 Å². The number of alkyl halides is 1. The number of rotatable bonds is 5. The average molecular weight is 603 g/mol. The molecule has 2 aromatic carbocycles. The minimum atomic E-state index is -2.64. The van der Waals surface area contributed by atoms with Crippen LogP contribution in [0.2, 0.25) is 0 Å². The lowest BCUT2D eigenvalue weighted by Gasteiger charge is -2.34. The van der Waals surface area contributed by atoms with Crippen LogP contribution in [-0.4, -0.2) is 81.0 Å². The van der Waals surface area contributed by atoms with Crippen LogP contribution in [0.15, 0.2) is 41.3 Å². The highest BCUT2D eigenvalue weighted by Gasteiger charge is 2.49. The molecule has 4 atom stereocenters. The molecule has 0 unspecified atom stereocenters. The Morgan fingerprint density at radius 3 is 2.84 bits per heavy atom. The van der Waals surface area contributed by atoms with Gasteiger partial charge in [-0.3, -0.25) is 14.3 Å². The molecule has 0 saturated carbocycles. The molecule has 226 valence electrons. The number of piperazine rings is 1. The Kier molecular flexibility index (Phi) is 5.34. The van der Waals surface area contributed by atoms with Crippen molar-refractivity contribution in [3.63, 3.8) is 0 Å². The van der Waals surface area contributed by atoms with E-state index in [1.54, 1.807) is 6.07 Å². The maximum absolute atomic E-state index is 14.9. The molecule has 44 heavy (non-hydrogen) atoms. The standard InChI is InChI=1S/C33H32F2N6O3/c1-2-24-26(35)7-4-19-12-23(42)13-27(28(19)24)41-11-8-25-29(31(41)43)37-32(38-30(25)39-16-21-5-6-22(17-39)36-21)44-18-33-9-3-10-40(33)15-20(34)14-33/h1,4,7-8,11-13,20-22,36,42H,3,5-6,9-10,14-18H2/t20-,21-,22+,33+/m1/s1/i10D2,18D2. The monoisotopic (exact) mass is 602 g/mol. The van der Waals surface area contributed by atoms with Crippen LogP contribution in [0.4, 0.5) is 14.6 Å². The Bertz CT molecular complexity index is 2100. The zero-order valence-electron chi connectivity index (χ0n) is 27.7. The number of phenolic OH excluding ortho intramolecular Hbond substituents is 1. The summed E-state index contributed by atoms with van der Waals surface area (Å²) in [6.07, 6.45) is 7.37. The Labute approximate surface area is 258 Å². The fourth-order valence-electron chi connectivity index (χ4n) is 7.32. The van der Waals surface area contributed by atoms with Crippen LogP contribution in [-0.2, 0) is 0 Å². The van der Waals surface area contributed by atoms with Crippen molar-refractivity contribution in [1.29, 1.82) is 0 Å². The van der Waals surface area contributed by atoms with Gasteiger partial charge in [0.1, 0.15) is 35.6 Å². The topological polar surface area (TPSA) is 95.8 Å². The molecular formula is C33H32F2N6O3. The summed E-state index contributed by atoms with van der Waals surface area (Å²) >= 11 is 0. The first-order valence-corrected chi connectivity index (χ1v) is 14.8. The van der Waals surface area contributed by atoms with Crippen LogP contribution >= 0.6 is 0 Å². The number of pyridine rings is 1. The van der Waals surface area contributed by atoms with Crippen LogP contribution in [0.3, 0.4) is 0 Å². The number of benzene rings is 2. The molecule has 0 aliphatic carbocycles. The summed E-state index contributed by atoms with van der Waals surface area (Å²) in [5, 5.41) is 15.1. The summed E-state index contributed by atoms with van der Waals surface area (Å²) < 4.78 is 71.7. The van der Waals surface area contributed by atoms with Crippen LogP contribution in [0.1, 0.15) is 43.2 Å². The largest absolute Gasteiger partial charge is 0.508 e. The number of terminal acetylenes is 1. The molecule has 11 heteroatoms. The van der Waals surface area contributed by atoms with E-state index in [9.17, 15) is 18.7 Å². The number of hydrogen-bond donors (Lipinski definition) is 2. The first-order chi connectivity index (χ1) is 22.8. The number of nitrogens with zero attached hydrogens (tertiary/aromatic N) is 5. The molecule has 0 spiro atoms. The average Bonchev–Trinajstić information content (AvgIpc) is 3.66. The van der Waals surface area contributed by atoms with Crippen molar-refractivity contribution in [1.82, 2.24) is 24.8 Å². The summed E-state index contributed by atoms with van der Waals surface area (Å²) in [5.74, 6) is 1.85. The predicted octanol–water partition coefficient (Wildman–Crippen LogP) is 3.66. The summed E-state index contributed by atoms with van der Waals surface area (Å²) in [7, 11) is 0. The first-order valence-electron chi connectivity index (χ1n) is 16.8. The Morgan fingerprint density at radius 2 is 2.05 bits per heavy atom. The van der Waals surface area contributed by atoms with Gasteiger partial charge in [-0.05, 0) is 55.8 Å². The predicted molar refractivity (Wildman–Crippen MR) is 163 cm³/mol. The van der Waals surface area contributed by atoms with E-state index in [4.69, 9.17) is 16.6 Å². The van der Waals surface area contributed by atoms with Gasteiger partial charge in [0.2, 0.25) is 0 Å². The van der Waals surface area contributed by atoms with E-state index in [0.717, 1.165) is 12.8 Å². The second-order valence-corrected chi connectivity index (χ2v) is 12.1. The second kappa shape index (κ2) is 10.1. The highest BCUT2D eigenvalue weighted by Crippen LogP contribution is 2.40. The Morgan fingerprint density at radius 1 is 1.23 bits per heavy atom. The number of anilines is 1. The van der Waals surface area contributed by atoms with Crippen LogP contribution in [0.5, 0.6) is 11.8 Å². The fraction of sp³-hybridized carbons (Fsp3) is 0.424. The Hall–Kier alpha value is -4.27. The molecule has 2 aromatic heterocycles. The van der Waals surface area contributed by atoms with E-state index in [2.05, 4.69) is 21.2 Å². The number of halogens is 2. The number of aromatic hydroxyl groups is 1. The first kappa shape index (κ1) is 23.2. The molecule has 8 rings (SSSR count). The van der Waals surface area contributed by atoms with Gasteiger partial charge in [0.15, 0.2) is 0 Å². The third-order valence-corrected chi connectivity index (χ3v) is 9.30. The lowest BCUT2D eigenvalue weighted by Crippen LogP contribution is -2.51. The zero-order chi connectivity index (χ0) is 33.7. The van der Waals surface area contributed by atoms with Crippen molar-refractivity contribution in [3.05, 3.63) is 58.3 Å². The molecule has 4 aliphatic heterocycles. The minimum absolute atomic E-state index is 0.00119.